The average molecular weight is 612 g/mol. The van der Waals surface area contributed by atoms with Crippen molar-refractivity contribution >= 4 is 5.97 Å². The molecule has 226 valence electrons. The second-order valence-corrected chi connectivity index (χ2v) is 8.16. The van der Waals surface area contributed by atoms with Gasteiger partial charge in [0.2, 0.25) is 0 Å². The van der Waals surface area contributed by atoms with Crippen LogP contribution in [0.5, 0.6) is 0 Å². The number of esters is 1. The van der Waals surface area contributed by atoms with E-state index >= 15 is 0 Å². The summed E-state index contributed by atoms with van der Waals surface area (Å²) in [5.41, 5.74) is -3.95. The van der Waals surface area contributed by atoms with Crippen LogP contribution in [0, 0.1) is 0 Å². The lowest BCUT2D eigenvalue weighted by Crippen LogP contribution is -2.74. The van der Waals surface area contributed by atoms with Crippen molar-refractivity contribution in [1.29, 1.82) is 0 Å². The number of alkyl halides is 17. The van der Waals surface area contributed by atoms with Crippen LogP contribution in [0.4, 0.5) is 74.6 Å². The zero-order valence-corrected chi connectivity index (χ0v) is 18.5. The Kier molecular flexibility index (Phi) is 8.69. The first-order valence-corrected chi connectivity index (χ1v) is 9.60. The van der Waals surface area contributed by atoms with Crippen molar-refractivity contribution in [1.82, 2.24) is 0 Å². The molecule has 1 rings (SSSR count). The molecule has 0 aliphatic heterocycles. The van der Waals surface area contributed by atoms with Crippen LogP contribution >= 0.6 is 0 Å². The summed E-state index contributed by atoms with van der Waals surface area (Å²) in [5, 5.41) is 9.70. The Hall–Kier alpha value is -2.54. The molecule has 0 aliphatic rings. The molecule has 1 unspecified atom stereocenters. The Balaban J connectivity index is 3.41. The number of hydrogen-bond acceptors (Lipinski definition) is 3. The monoisotopic (exact) mass is 612 g/mol. The molecule has 0 radical (unpaired) electrons. The zero-order valence-electron chi connectivity index (χ0n) is 18.5. The van der Waals surface area contributed by atoms with E-state index in [2.05, 4.69) is 4.74 Å². The van der Waals surface area contributed by atoms with Gasteiger partial charge in [0.1, 0.15) is 6.61 Å². The summed E-state index contributed by atoms with van der Waals surface area (Å²) >= 11 is 0. The van der Waals surface area contributed by atoms with Gasteiger partial charge in [-0.15, -0.1) is 0 Å². The van der Waals surface area contributed by atoms with Gasteiger partial charge in [0.15, 0.2) is 5.60 Å². The van der Waals surface area contributed by atoms with Gasteiger partial charge in [-0.2, -0.15) is 74.6 Å². The molecule has 0 saturated heterocycles. The first kappa shape index (κ1) is 34.5. The predicted molar refractivity (Wildman–Crippen MR) is 92.2 cm³/mol. The van der Waals surface area contributed by atoms with Crippen molar-refractivity contribution in [3.05, 3.63) is 35.9 Å². The number of carbonyl (C=O) groups is 1. The van der Waals surface area contributed by atoms with E-state index in [1.54, 1.807) is 0 Å². The molecule has 39 heavy (non-hydrogen) atoms. The van der Waals surface area contributed by atoms with E-state index in [1.165, 1.54) is 30.3 Å². The normalized spacial score (nSPS) is 16.6. The number of carbonyl (C=O) groups excluding carboxylic acids is 1. The van der Waals surface area contributed by atoms with Crippen molar-refractivity contribution in [2.75, 3.05) is 0 Å². The summed E-state index contributed by atoms with van der Waals surface area (Å²) < 4.78 is 230. The molecule has 3 nitrogen and oxygen atoms in total. The minimum absolute atomic E-state index is 0.0590. The summed E-state index contributed by atoms with van der Waals surface area (Å²) in [5.74, 6) is -60.2. The number of ether oxygens (including phenoxy) is 1. The van der Waals surface area contributed by atoms with Crippen LogP contribution in [-0.2, 0) is 16.1 Å². The second-order valence-electron chi connectivity index (χ2n) is 8.16. The molecule has 0 heterocycles. The van der Waals surface area contributed by atoms with Gasteiger partial charge in [0.25, 0.3) is 0 Å². The smallest absolute Gasteiger partial charge is 0.459 e. The fourth-order valence-corrected chi connectivity index (χ4v) is 2.69. The van der Waals surface area contributed by atoms with E-state index in [0.29, 0.717) is 0 Å². The first-order chi connectivity index (χ1) is 17.0. The Labute approximate surface area is 205 Å². The second kappa shape index (κ2) is 9.83. The van der Waals surface area contributed by atoms with Crippen LogP contribution in [0.15, 0.2) is 30.3 Å². The molecule has 20 heteroatoms. The Morgan fingerprint density at radius 1 is 0.641 bits per heavy atom. The van der Waals surface area contributed by atoms with Gasteiger partial charge >= 0.3 is 53.6 Å². The van der Waals surface area contributed by atoms with E-state index < -0.39 is 72.2 Å². The van der Waals surface area contributed by atoms with Gasteiger partial charge < -0.3 is 9.84 Å². The topological polar surface area (TPSA) is 46.5 Å². The SMILES string of the molecule is CC(O)(CC(F)(F)C(F)(F)C(F)(F)C(F)(F)C(F)(F)C(F)(F)C(F)(F)C(F)(F)F)C(=O)OCc1ccccc1. The van der Waals surface area contributed by atoms with Crippen molar-refractivity contribution in [3.63, 3.8) is 0 Å². The molecule has 0 saturated carbocycles. The molecule has 1 aromatic carbocycles. The van der Waals surface area contributed by atoms with Gasteiger partial charge in [-0.3, -0.25) is 0 Å². The summed E-state index contributed by atoms with van der Waals surface area (Å²) in [6, 6.07) is 6.49. The largest absolute Gasteiger partial charge is 0.460 e. The van der Waals surface area contributed by atoms with Crippen LogP contribution in [0.1, 0.15) is 18.9 Å². The van der Waals surface area contributed by atoms with E-state index in [1.807, 2.05) is 0 Å². The number of halogens is 17. The molecule has 1 N–H and O–H groups in total. The number of hydrogen-bond donors (Lipinski definition) is 1. The number of aliphatic hydroxyl groups is 1. The van der Waals surface area contributed by atoms with E-state index in [9.17, 15) is 84.5 Å². The highest BCUT2D eigenvalue weighted by Gasteiger charge is 2.95. The average Bonchev–Trinajstić information content (AvgIpc) is 2.75. The maximum atomic E-state index is 14.1. The molecule has 0 bridgehead atoms. The minimum Gasteiger partial charge on any atom is -0.459 e. The third-order valence-corrected chi connectivity index (χ3v) is 5.01. The number of benzene rings is 1. The Morgan fingerprint density at radius 3 is 1.38 bits per heavy atom. The van der Waals surface area contributed by atoms with Crippen LogP contribution < -0.4 is 0 Å². The van der Waals surface area contributed by atoms with Crippen molar-refractivity contribution in [2.24, 2.45) is 0 Å². The molecule has 1 aromatic rings. The Morgan fingerprint density at radius 2 is 1.00 bits per heavy atom. The van der Waals surface area contributed by atoms with Crippen molar-refractivity contribution < 1.29 is 89.3 Å². The van der Waals surface area contributed by atoms with Crippen LogP contribution in [0.25, 0.3) is 0 Å². The van der Waals surface area contributed by atoms with E-state index in [4.69, 9.17) is 0 Å². The maximum absolute atomic E-state index is 14.1. The Bertz CT molecular complexity index is 1020. The molecule has 0 aromatic heterocycles. The van der Waals surface area contributed by atoms with Crippen molar-refractivity contribution in [2.45, 2.75) is 73.2 Å². The molecule has 0 fully saturated rings. The lowest BCUT2D eigenvalue weighted by Gasteiger charge is -2.43. The summed E-state index contributed by atoms with van der Waals surface area (Å²) in [7, 11) is 0. The van der Waals surface area contributed by atoms with Crippen LogP contribution in [0.3, 0.4) is 0 Å². The molecule has 0 aliphatic carbocycles. The quantitative estimate of drug-likeness (QED) is 0.219. The lowest BCUT2D eigenvalue weighted by atomic mass is 9.85. The summed E-state index contributed by atoms with van der Waals surface area (Å²) in [6.07, 6.45) is -11.2. The minimum atomic E-state index is -8.76. The van der Waals surface area contributed by atoms with Crippen LogP contribution in [0.2, 0.25) is 0 Å². The standard InChI is InChI=1S/C19H13F17O3/c1-11(38,10(37)39-7-9-5-3-2-4-6-9)8-12(20,21)13(22,23)14(24,25)15(26,27)16(28,29)17(30,31)18(32,33)19(34,35)36/h2-6,38H,7-8H2,1H3. The van der Waals surface area contributed by atoms with Gasteiger partial charge in [-0.1, -0.05) is 30.3 Å². The van der Waals surface area contributed by atoms with Gasteiger partial charge in [0.05, 0.1) is 6.42 Å². The van der Waals surface area contributed by atoms with E-state index in [0.717, 1.165) is 0 Å². The molecular formula is C19H13F17O3. The highest BCUT2D eigenvalue weighted by atomic mass is 19.4. The molecule has 0 amide bonds. The molecular weight excluding hydrogens is 599 g/mol. The van der Waals surface area contributed by atoms with Gasteiger partial charge in [-0.25, -0.2) is 4.79 Å². The third kappa shape index (κ3) is 5.44. The fraction of sp³-hybridized carbons (Fsp3) is 0.632. The molecule has 0 spiro atoms. The summed E-state index contributed by atoms with van der Waals surface area (Å²) in [4.78, 5) is 11.8. The molecule has 1 atom stereocenters. The van der Waals surface area contributed by atoms with Gasteiger partial charge in [0, 0.05) is 0 Å². The predicted octanol–water partition coefficient (Wildman–Crippen LogP) is 6.88. The van der Waals surface area contributed by atoms with Crippen LogP contribution in [-0.4, -0.2) is 64.3 Å². The number of rotatable bonds is 11. The third-order valence-electron chi connectivity index (χ3n) is 5.01. The van der Waals surface area contributed by atoms with Crippen molar-refractivity contribution in [3.8, 4) is 0 Å². The lowest BCUT2D eigenvalue weighted by molar-refractivity contribution is -0.462. The highest BCUT2D eigenvalue weighted by molar-refractivity contribution is 5.78. The highest BCUT2D eigenvalue weighted by Crippen LogP contribution is 2.64. The zero-order chi connectivity index (χ0) is 31.3. The van der Waals surface area contributed by atoms with Gasteiger partial charge in [-0.05, 0) is 12.5 Å². The summed E-state index contributed by atoms with van der Waals surface area (Å²) in [6.45, 7) is -1.02. The fourth-order valence-electron chi connectivity index (χ4n) is 2.69. The first-order valence-electron chi connectivity index (χ1n) is 9.60. The van der Waals surface area contributed by atoms with E-state index in [-0.39, 0.29) is 12.5 Å². The maximum Gasteiger partial charge on any atom is 0.460 e.